The lowest BCUT2D eigenvalue weighted by atomic mass is 9.90. The highest BCUT2D eigenvalue weighted by molar-refractivity contribution is 5.92. The van der Waals surface area contributed by atoms with E-state index in [2.05, 4.69) is 29.4 Å². The first-order chi connectivity index (χ1) is 7.47. The number of carbonyl (C=O) groups excluding carboxylic acids is 1. The average molecular weight is 261 g/mol. The van der Waals surface area contributed by atoms with Gasteiger partial charge >= 0.3 is 0 Å². The topological polar surface area (TPSA) is 83.8 Å². The molecule has 1 unspecified atom stereocenters. The number of H-pyrrole nitrogens is 1. The number of halogens is 1. The first-order valence-corrected chi connectivity index (χ1v) is 5.49. The Balaban J connectivity index is 0.00000256. The molecule has 0 aliphatic rings. The number of nitrogens with one attached hydrogen (secondary N) is 2. The minimum atomic E-state index is -0.365. The van der Waals surface area contributed by atoms with Gasteiger partial charge < -0.3 is 11.1 Å². The van der Waals surface area contributed by atoms with Gasteiger partial charge in [0.1, 0.15) is 5.69 Å². The number of aromatic amines is 1. The summed E-state index contributed by atoms with van der Waals surface area (Å²) in [6.45, 7) is 6.60. The maximum Gasteiger partial charge on any atom is 0.269 e. The monoisotopic (exact) mass is 260 g/mol. The number of carbonyl (C=O) groups is 1. The molecule has 98 valence electrons. The molecule has 0 radical (unpaired) electrons. The zero-order chi connectivity index (χ0) is 12.2. The standard InChI is InChI=1S/C11H20N4O.ClH/c1-8(2)6-11(3,7-12)14-10(16)9-4-5-13-15-9;/h4-5,8H,6-7,12H2,1-3H3,(H,13,15)(H,14,16);1H. The van der Waals surface area contributed by atoms with E-state index < -0.39 is 0 Å². The molecule has 0 saturated heterocycles. The summed E-state index contributed by atoms with van der Waals surface area (Å²) in [6, 6.07) is 1.64. The molecule has 17 heavy (non-hydrogen) atoms. The van der Waals surface area contributed by atoms with Gasteiger partial charge in [-0.05, 0) is 25.3 Å². The molecule has 0 spiro atoms. The van der Waals surface area contributed by atoms with Crippen molar-refractivity contribution in [3.63, 3.8) is 0 Å². The second-order valence-electron chi connectivity index (χ2n) is 4.79. The minimum Gasteiger partial charge on any atom is -0.344 e. The van der Waals surface area contributed by atoms with Gasteiger partial charge in [-0.25, -0.2) is 0 Å². The van der Waals surface area contributed by atoms with Crippen molar-refractivity contribution in [2.75, 3.05) is 6.54 Å². The molecule has 1 aromatic rings. The normalized spacial score (nSPS) is 13.9. The van der Waals surface area contributed by atoms with Crippen LogP contribution in [-0.2, 0) is 0 Å². The molecule has 0 bridgehead atoms. The van der Waals surface area contributed by atoms with Crippen LogP contribution in [0.5, 0.6) is 0 Å². The van der Waals surface area contributed by atoms with Crippen molar-refractivity contribution in [3.8, 4) is 0 Å². The number of amides is 1. The summed E-state index contributed by atoms with van der Waals surface area (Å²) in [5.41, 5.74) is 5.81. The van der Waals surface area contributed by atoms with E-state index in [9.17, 15) is 4.79 Å². The maximum absolute atomic E-state index is 11.8. The number of nitrogens with two attached hydrogens (primary N) is 1. The molecule has 1 heterocycles. The van der Waals surface area contributed by atoms with Gasteiger partial charge in [-0.1, -0.05) is 13.8 Å². The van der Waals surface area contributed by atoms with Crippen molar-refractivity contribution in [2.24, 2.45) is 11.7 Å². The van der Waals surface area contributed by atoms with Crippen LogP contribution < -0.4 is 11.1 Å². The van der Waals surface area contributed by atoms with Crippen molar-refractivity contribution in [1.82, 2.24) is 15.5 Å². The van der Waals surface area contributed by atoms with Crippen LogP contribution in [0.3, 0.4) is 0 Å². The first kappa shape index (κ1) is 15.9. The molecule has 5 nitrogen and oxygen atoms in total. The molecule has 1 amide bonds. The zero-order valence-electron chi connectivity index (χ0n) is 10.5. The maximum atomic E-state index is 11.8. The summed E-state index contributed by atoms with van der Waals surface area (Å²) in [5, 5.41) is 9.32. The number of hydrogen-bond acceptors (Lipinski definition) is 3. The van der Waals surface area contributed by atoms with Gasteiger partial charge in [0, 0.05) is 12.7 Å². The number of rotatable bonds is 5. The Bertz CT molecular complexity index is 339. The van der Waals surface area contributed by atoms with E-state index in [1.54, 1.807) is 12.3 Å². The molecule has 1 atom stereocenters. The average Bonchev–Trinajstić information content (AvgIpc) is 2.69. The van der Waals surface area contributed by atoms with Gasteiger partial charge in [-0.2, -0.15) is 5.10 Å². The summed E-state index contributed by atoms with van der Waals surface area (Å²) >= 11 is 0. The molecule has 0 aromatic carbocycles. The quantitative estimate of drug-likeness (QED) is 0.747. The third-order valence-corrected chi connectivity index (χ3v) is 2.47. The Hall–Kier alpha value is -1.07. The Kier molecular flexibility index (Phi) is 6.20. The van der Waals surface area contributed by atoms with E-state index in [1.807, 2.05) is 6.92 Å². The van der Waals surface area contributed by atoms with Gasteiger partial charge in [0.25, 0.3) is 5.91 Å². The fraction of sp³-hybridized carbons (Fsp3) is 0.636. The van der Waals surface area contributed by atoms with Crippen molar-refractivity contribution >= 4 is 18.3 Å². The highest BCUT2D eigenvalue weighted by atomic mass is 35.5. The highest BCUT2D eigenvalue weighted by Crippen LogP contribution is 2.15. The van der Waals surface area contributed by atoms with Gasteiger partial charge in [-0.3, -0.25) is 9.89 Å². The van der Waals surface area contributed by atoms with Crippen LogP contribution in [0.1, 0.15) is 37.7 Å². The number of aromatic nitrogens is 2. The van der Waals surface area contributed by atoms with E-state index in [-0.39, 0.29) is 23.9 Å². The molecular formula is C11H21ClN4O. The summed E-state index contributed by atoms with van der Waals surface area (Å²) in [5.74, 6) is 0.321. The number of nitrogens with zero attached hydrogens (tertiary/aromatic N) is 1. The van der Waals surface area contributed by atoms with Crippen LogP contribution >= 0.6 is 12.4 Å². The lowest BCUT2D eigenvalue weighted by Gasteiger charge is -2.30. The summed E-state index contributed by atoms with van der Waals surface area (Å²) in [4.78, 5) is 11.8. The van der Waals surface area contributed by atoms with Gasteiger partial charge in [0.15, 0.2) is 0 Å². The van der Waals surface area contributed by atoms with E-state index in [0.29, 0.717) is 18.2 Å². The molecule has 1 aromatic heterocycles. The lowest BCUT2D eigenvalue weighted by Crippen LogP contribution is -2.52. The first-order valence-electron chi connectivity index (χ1n) is 5.49. The highest BCUT2D eigenvalue weighted by Gasteiger charge is 2.26. The molecule has 0 saturated carbocycles. The lowest BCUT2D eigenvalue weighted by molar-refractivity contribution is 0.0893. The third-order valence-electron chi connectivity index (χ3n) is 2.47. The van der Waals surface area contributed by atoms with Crippen molar-refractivity contribution in [1.29, 1.82) is 0 Å². The second-order valence-corrected chi connectivity index (χ2v) is 4.79. The minimum absolute atomic E-state index is 0. The fourth-order valence-electron chi connectivity index (χ4n) is 1.81. The van der Waals surface area contributed by atoms with Crippen LogP contribution in [0.15, 0.2) is 12.3 Å². The fourth-order valence-corrected chi connectivity index (χ4v) is 1.81. The third kappa shape index (κ3) is 4.75. The molecule has 4 N–H and O–H groups in total. The van der Waals surface area contributed by atoms with Crippen molar-refractivity contribution in [2.45, 2.75) is 32.7 Å². The summed E-state index contributed by atoms with van der Waals surface area (Å²) in [6.07, 6.45) is 2.40. The van der Waals surface area contributed by atoms with Crippen LogP contribution in [0.4, 0.5) is 0 Å². The van der Waals surface area contributed by atoms with Gasteiger partial charge in [0.2, 0.25) is 0 Å². The van der Waals surface area contributed by atoms with E-state index in [0.717, 1.165) is 6.42 Å². The van der Waals surface area contributed by atoms with Gasteiger partial charge in [-0.15, -0.1) is 12.4 Å². The largest absolute Gasteiger partial charge is 0.344 e. The zero-order valence-corrected chi connectivity index (χ0v) is 11.3. The van der Waals surface area contributed by atoms with E-state index >= 15 is 0 Å². The molecule has 6 heteroatoms. The SMILES string of the molecule is CC(C)CC(C)(CN)NC(=O)c1ccn[nH]1.Cl. The van der Waals surface area contributed by atoms with E-state index in [1.165, 1.54) is 0 Å². The molecule has 0 fully saturated rings. The Morgan fingerprint density at radius 1 is 1.65 bits per heavy atom. The predicted octanol–water partition coefficient (Wildman–Crippen LogP) is 1.32. The molecule has 0 aliphatic carbocycles. The predicted molar refractivity (Wildman–Crippen MR) is 70.2 cm³/mol. The van der Waals surface area contributed by atoms with Crippen LogP contribution in [-0.4, -0.2) is 28.2 Å². The summed E-state index contributed by atoms with van der Waals surface area (Å²) in [7, 11) is 0. The van der Waals surface area contributed by atoms with Crippen LogP contribution in [0.25, 0.3) is 0 Å². The Morgan fingerprint density at radius 3 is 2.71 bits per heavy atom. The van der Waals surface area contributed by atoms with Crippen molar-refractivity contribution in [3.05, 3.63) is 18.0 Å². The van der Waals surface area contributed by atoms with Crippen LogP contribution in [0, 0.1) is 5.92 Å². The number of hydrogen-bond donors (Lipinski definition) is 3. The smallest absolute Gasteiger partial charge is 0.269 e. The molecule has 0 aliphatic heterocycles. The molecular weight excluding hydrogens is 240 g/mol. The Morgan fingerprint density at radius 2 is 2.29 bits per heavy atom. The summed E-state index contributed by atoms with van der Waals surface area (Å²) < 4.78 is 0. The Labute approximate surface area is 108 Å². The van der Waals surface area contributed by atoms with Gasteiger partial charge in [0.05, 0.1) is 5.54 Å². The van der Waals surface area contributed by atoms with Crippen LogP contribution in [0.2, 0.25) is 0 Å². The molecule has 1 rings (SSSR count). The van der Waals surface area contributed by atoms with Crippen molar-refractivity contribution < 1.29 is 4.79 Å². The van der Waals surface area contributed by atoms with E-state index in [4.69, 9.17) is 5.73 Å². The second kappa shape index (κ2) is 6.61.